The van der Waals surface area contributed by atoms with E-state index in [-0.39, 0.29) is 6.10 Å². The molecule has 120 valence electrons. The van der Waals surface area contributed by atoms with Gasteiger partial charge in [0.25, 0.3) is 0 Å². The first kappa shape index (κ1) is 15.4. The third kappa shape index (κ3) is 2.90. The van der Waals surface area contributed by atoms with Crippen LogP contribution in [0.1, 0.15) is 35.8 Å². The summed E-state index contributed by atoms with van der Waals surface area (Å²) >= 11 is 0. The highest BCUT2D eigenvalue weighted by Crippen LogP contribution is 2.29. The first-order valence-corrected chi connectivity index (χ1v) is 7.76. The Balaban J connectivity index is 1.92. The lowest BCUT2D eigenvalue weighted by atomic mass is 10.1. The number of nitriles is 1. The van der Waals surface area contributed by atoms with E-state index in [0.29, 0.717) is 18.7 Å². The highest BCUT2D eigenvalue weighted by Gasteiger charge is 2.27. The summed E-state index contributed by atoms with van der Waals surface area (Å²) in [5.74, 6) is 0.832. The molecule has 0 aromatic carbocycles. The van der Waals surface area contributed by atoms with E-state index in [4.69, 9.17) is 4.74 Å². The number of morpholine rings is 1. The van der Waals surface area contributed by atoms with Gasteiger partial charge in [0.15, 0.2) is 5.82 Å². The molecule has 3 rings (SSSR count). The van der Waals surface area contributed by atoms with Crippen molar-refractivity contribution in [1.82, 2.24) is 19.7 Å². The minimum absolute atomic E-state index is 0.147. The van der Waals surface area contributed by atoms with Crippen LogP contribution in [-0.2, 0) is 11.3 Å². The Morgan fingerprint density at radius 3 is 3.00 bits per heavy atom. The van der Waals surface area contributed by atoms with Gasteiger partial charge in [-0.1, -0.05) is 0 Å². The van der Waals surface area contributed by atoms with E-state index in [9.17, 15) is 5.26 Å². The molecule has 1 aliphatic rings. The van der Waals surface area contributed by atoms with Crippen LogP contribution in [0.2, 0.25) is 0 Å². The van der Waals surface area contributed by atoms with Gasteiger partial charge >= 0.3 is 0 Å². The summed E-state index contributed by atoms with van der Waals surface area (Å²) in [5, 5.41) is 17.7. The lowest BCUT2D eigenvalue weighted by Crippen LogP contribution is -2.39. The van der Waals surface area contributed by atoms with Crippen molar-refractivity contribution in [3.63, 3.8) is 0 Å². The molecule has 0 saturated carbocycles. The van der Waals surface area contributed by atoms with E-state index in [1.165, 1.54) is 0 Å². The monoisotopic (exact) mass is 312 g/mol. The fraction of sp³-hybridized carbons (Fsp3) is 0.500. The van der Waals surface area contributed by atoms with E-state index in [1.54, 1.807) is 6.33 Å². The Morgan fingerprint density at radius 2 is 2.26 bits per heavy atom. The van der Waals surface area contributed by atoms with Gasteiger partial charge in [0.05, 0.1) is 30.1 Å². The van der Waals surface area contributed by atoms with Crippen LogP contribution in [0.25, 0.3) is 0 Å². The van der Waals surface area contributed by atoms with Gasteiger partial charge in [0.2, 0.25) is 0 Å². The standard InChI is InChI=1S/C16H20N6O/c1-4-21-10-18-20-16(21)15-9-22(5-6-23-15)14-7-11(2)19-12(3)13(14)8-17/h7,10,15H,4-6,9H2,1-3H3. The number of nitrogens with zero attached hydrogens (tertiary/aromatic N) is 6. The van der Waals surface area contributed by atoms with Gasteiger partial charge in [-0.2, -0.15) is 5.26 Å². The van der Waals surface area contributed by atoms with Crippen molar-refractivity contribution >= 4 is 5.69 Å². The number of pyridine rings is 1. The normalized spacial score (nSPS) is 18.0. The van der Waals surface area contributed by atoms with Crippen LogP contribution in [0.5, 0.6) is 0 Å². The maximum Gasteiger partial charge on any atom is 0.163 e. The number of hydrogen-bond donors (Lipinski definition) is 0. The quantitative estimate of drug-likeness (QED) is 0.859. The van der Waals surface area contributed by atoms with E-state index in [1.807, 2.05) is 24.5 Å². The molecule has 3 heterocycles. The molecule has 1 unspecified atom stereocenters. The van der Waals surface area contributed by atoms with Gasteiger partial charge in [-0.15, -0.1) is 10.2 Å². The Hall–Kier alpha value is -2.46. The number of rotatable bonds is 3. The third-order valence-corrected chi connectivity index (χ3v) is 4.10. The highest BCUT2D eigenvalue weighted by molar-refractivity contribution is 5.62. The van der Waals surface area contributed by atoms with Crippen molar-refractivity contribution in [3.05, 3.63) is 35.2 Å². The van der Waals surface area contributed by atoms with Gasteiger partial charge < -0.3 is 14.2 Å². The summed E-state index contributed by atoms with van der Waals surface area (Å²) in [6, 6.07) is 4.25. The van der Waals surface area contributed by atoms with Crippen LogP contribution in [0.3, 0.4) is 0 Å². The minimum atomic E-state index is -0.147. The van der Waals surface area contributed by atoms with Crippen LogP contribution in [0.4, 0.5) is 5.69 Å². The zero-order valence-electron chi connectivity index (χ0n) is 13.7. The number of aromatic nitrogens is 4. The molecule has 2 aromatic heterocycles. The van der Waals surface area contributed by atoms with E-state index in [0.717, 1.165) is 36.0 Å². The van der Waals surface area contributed by atoms with Gasteiger partial charge in [-0.25, -0.2) is 0 Å². The van der Waals surface area contributed by atoms with Gasteiger partial charge in [-0.05, 0) is 26.8 Å². The van der Waals surface area contributed by atoms with Crippen molar-refractivity contribution in [2.24, 2.45) is 0 Å². The van der Waals surface area contributed by atoms with Crippen molar-refractivity contribution < 1.29 is 4.74 Å². The predicted molar refractivity (Wildman–Crippen MR) is 85.0 cm³/mol. The van der Waals surface area contributed by atoms with Gasteiger partial charge in [0, 0.05) is 18.8 Å². The van der Waals surface area contributed by atoms with Crippen molar-refractivity contribution in [2.75, 3.05) is 24.6 Å². The second kappa shape index (κ2) is 6.34. The van der Waals surface area contributed by atoms with Crippen LogP contribution < -0.4 is 4.90 Å². The summed E-state index contributed by atoms with van der Waals surface area (Å²) in [5.41, 5.74) is 3.24. The molecule has 0 spiro atoms. The van der Waals surface area contributed by atoms with Crippen LogP contribution >= 0.6 is 0 Å². The van der Waals surface area contributed by atoms with Crippen LogP contribution in [0.15, 0.2) is 12.4 Å². The maximum atomic E-state index is 9.48. The van der Waals surface area contributed by atoms with Crippen molar-refractivity contribution in [2.45, 2.75) is 33.4 Å². The second-order valence-corrected chi connectivity index (χ2v) is 5.64. The number of hydrogen-bond acceptors (Lipinski definition) is 6. The summed E-state index contributed by atoms with van der Waals surface area (Å²) in [6.45, 7) is 8.66. The number of ether oxygens (including phenoxy) is 1. The van der Waals surface area contributed by atoms with E-state index in [2.05, 4.69) is 33.1 Å². The maximum absolute atomic E-state index is 9.48. The molecule has 0 bridgehead atoms. The van der Waals surface area contributed by atoms with E-state index < -0.39 is 0 Å². The first-order valence-electron chi connectivity index (χ1n) is 7.76. The van der Waals surface area contributed by atoms with Crippen molar-refractivity contribution in [1.29, 1.82) is 5.26 Å². The number of aryl methyl sites for hydroxylation is 3. The van der Waals surface area contributed by atoms with Crippen LogP contribution in [0, 0.1) is 25.2 Å². The minimum Gasteiger partial charge on any atom is -0.367 e. The zero-order chi connectivity index (χ0) is 16.4. The topological polar surface area (TPSA) is 79.9 Å². The first-order chi connectivity index (χ1) is 11.1. The summed E-state index contributed by atoms with van der Waals surface area (Å²) in [4.78, 5) is 6.57. The molecule has 0 radical (unpaired) electrons. The molecular formula is C16H20N6O. The van der Waals surface area contributed by atoms with E-state index >= 15 is 0 Å². The molecular weight excluding hydrogens is 292 g/mol. The zero-order valence-corrected chi connectivity index (χ0v) is 13.7. The van der Waals surface area contributed by atoms with Crippen molar-refractivity contribution in [3.8, 4) is 6.07 Å². The average molecular weight is 312 g/mol. The lowest BCUT2D eigenvalue weighted by molar-refractivity contribution is 0.0316. The Bertz CT molecular complexity index is 748. The molecule has 7 heteroatoms. The largest absolute Gasteiger partial charge is 0.367 e. The number of anilines is 1. The molecule has 1 atom stereocenters. The Labute approximate surface area is 135 Å². The van der Waals surface area contributed by atoms with Crippen LogP contribution in [-0.4, -0.2) is 39.4 Å². The van der Waals surface area contributed by atoms with Gasteiger partial charge in [-0.3, -0.25) is 4.98 Å². The SMILES string of the molecule is CCn1cnnc1C1CN(c2cc(C)nc(C)c2C#N)CCO1. The predicted octanol–water partition coefficient (Wildman–Crippen LogP) is 1.76. The molecule has 0 N–H and O–H groups in total. The summed E-state index contributed by atoms with van der Waals surface area (Å²) < 4.78 is 7.88. The molecule has 7 nitrogen and oxygen atoms in total. The molecule has 0 amide bonds. The molecule has 2 aromatic rings. The molecule has 1 saturated heterocycles. The molecule has 1 fully saturated rings. The molecule has 23 heavy (non-hydrogen) atoms. The summed E-state index contributed by atoms with van der Waals surface area (Å²) in [6.07, 6.45) is 1.57. The second-order valence-electron chi connectivity index (χ2n) is 5.64. The Morgan fingerprint density at radius 1 is 1.43 bits per heavy atom. The fourth-order valence-corrected chi connectivity index (χ4v) is 2.98. The smallest absolute Gasteiger partial charge is 0.163 e. The third-order valence-electron chi connectivity index (χ3n) is 4.10. The average Bonchev–Trinajstić information content (AvgIpc) is 3.03. The Kier molecular flexibility index (Phi) is 4.26. The van der Waals surface area contributed by atoms with Gasteiger partial charge in [0.1, 0.15) is 18.5 Å². The molecule has 1 aliphatic heterocycles. The highest BCUT2D eigenvalue weighted by atomic mass is 16.5. The lowest BCUT2D eigenvalue weighted by Gasteiger charge is -2.34. The fourth-order valence-electron chi connectivity index (χ4n) is 2.98. The molecule has 0 aliphatic carbocycles. The summed E-state index contributed by atoms with van der Waals surface area (Å²) in [7, 11) is 0.